The fraction of sp³-hybridized carbons (Fsp3) is 0.222. The summed E-state index contributed by atoms with van der Waals surface area (Å²) in [5.41, 5.74) is 5.53. The van der Waals surface area contributed by atoms with E-state index in [1.165, 1.54) is 16.7 Å². The minimum Gasteiger partial charge on any atom is -0.392 e. The molecule has 0 saturated heterocycles. The van der Waals surface area contributed by atoms with Gasteiger partial charge in [-0.25, -0.2) is 0 Å². The maximum absolute atomic E-state index is 9.64. The molecular formula is C18H18ClNO. The highest BCUT2D eigenvalue weighted by Gasteiger charge is 2.15. The number of hydrogen-bond acceptors (Lipinski definition) is 1. The molecule has 0 fully saturated rings. The topological polar surface area (TPSA) is 25.2 Å². The third-order valence-corrected chi connectivity index (χ3v) is 4.43. The minimum absolute atomic E-state index is 0.0421. The zero-order chi connectivity index (χ0) is 15.0. The van der Waals surface area contributed by atoms with Gasteiger partial charge < -0.3 is 9.67 Å². The summed E-state index contributed by atoms with van der Waals surface area (Å²) in [5.74, 6) is 0. The molecule has 0 aliphatic heterocycles. The van der Waals surface area contributed by atoms with Gasteiger partial charge in [-0.1, -0.05) is 47.5 Å². The molecule has 0 spiro atoms. The highest BCUT2D eigenvalue weighted by atomic mass is 35.5. The highest BCUT2D eigenvalue weighted by molar-refractivity contribution is 6.32. The van der Waals surface area contributed by atoms with Crippen molar-refractivity contribution < 1.29 is 5.11 Å². The van der Waals surface area contributed by atoms with E-state index in [2.05, 4.69) is 41.8 Å². The van der Waals surface area contributed by atoms with Gasteiger partial charge in [0.15, 0.2) is 0 Å². The molecule has 0 aliphatic carbocycles. The van der Waals surface area contributed by atoms with Crippen LogP contribution in [0.25, 0.3) is 10.9 Å². The first kappa shape index (κ1) is 14.2. The second kappa shape index (κ2) is 5.55. The molecule has 3 aromatic rings. The molecule has 0 saturated carbocycles. The molecular weight excluding hydrogens is 282 g/mol. The predicted molar refractivity (Wildman–Crippen MR) is 87.9 cm³/mol. The Morgan fingerprint density at radius 3 is 2.57 bits per heavy atom. The monoisotopic (exact) mass is 299 g/mol. The number of halogens is 1. The van der Waals surface area contributed by atoms with Crippen molar-refractivity contribution >= 4 is 22.5 Å². The van der Waals surface area contributed by atoms with Crippen LogP contribution in [0.15, 0.2) is 42.5 Å². The average molecular weight is 300 g/mol. The van der Waals surface area contributed by atoms with Crippen LogP contribution >= 0.6 is 11.6 Å². The van der Waals surface area contributed by atoms with Crippen LogP contribution in [0, 0.1) is 13.8 Å². The van der Waals surface area contributed by atoms with Gasteiger partial charge in [0.2, 0.25) is 0 Å². The largest absolute Gasteiger partial charge is 0.392 e. The third-order valence-electron chi connectivity index (χ3n) is 4.00. The molecule has 1 heterocycles. The smallest absolute Gasteiger partial charge is 0.115 e. The van der Waals surface area contributed by atoms with E-state index in [4.69, 9.17) is 11.6 Å². The van der Waals surface area contributed by atoms with Gasteiger partial charge in [-0.15, -0.1) is 0 Å². The molecule has 3 heteroatoms. The van der Waals surface area contributed by atoms with Gasteiger partial charge in [0, 0.05) is 23.0 Å². The Labute approximate surface area is 129 Å². The highest BCUT2D eigenvalue weighted by Crippen LogP contribution is 2.32. The van der Waals surface area contributed by atoms with Crippen LogP contribution in [-0.2, 0) is 13.2 Å². The summed E-state index contributed by atoms with van der Waals surface area (Å²) in [6, 6.07) is 14.5. The van der Waals surface area contributed by atoms with Gasteiger partial charge in [0.25, 0.3) is 0 Å². The molecule has 2 nitrogen and oxygen atoms in total. The van der Waals surface area contributed by atoms with E-state index in [9.17, 15) is 5.11 Å². The van der Waals surface area contributed by atoms with Crippen molar-refractivity contribution in [2.24, 2.45) is 0 Å². The van der Waals surface area contributed by atoms with Crippen molar-refractivity contribution in [2.45, 2.75) is 27.0 Å². The first-order valence-electron chi connectivity index (χ1n) is 7.04. The van der Waals surface area contributed by atoms with E-state index < -0.39 is 0 Å². The van der Waals surface area contributed by atoms with E-state index in [1.54, 1.807) is 0 Å². The molecule has 2 aromatic carbocycles. The summed E-state index contributed by atoms with van der Waals surface area (Å²) < 4.78 is 2.07. The van der Waals surface area contributed by atoms with Gasteiger partial charge in [0.1, 0.15) is 5.15 Å². The number of fused-ring (bicyclic) bond motifs is 1. The van der Waals surface area contributed by atoms with Crippen molar-refractivity contribution in [3.05, 3.63) is 69.9 Å². The molecule has 108 valence electrons. The van der Waals surface area contributed by atoms with E-state index in [-0.39, 0.29) is 6.61 Å². The second-order valence-electron chi connectivity index (χ2n) is 5.46. The zero-order valence-corrected chi connectivity index (χ0v) is 13.0. The van der Waals surface area contributed by atoms with Crippen LogP contribution in [0.1, 0.15) is 22.3 Å². The summed E-state index contributed by atoms with van der Waals surface area (Å²) in [6.07, 6.45) is 0. The van der Waals surface area contributed by atoms with Crippen LogP contribution in [0.2, 0.25) is 5.15 Å². The van der Waals surface area contributed by atoms with E-state index in [0.717, 1.165) is 16.5 Å². The average Bonchev–Trinajstić information content (AvgIpc) is 2.73. The van der Waals surface area contributed by atoms with Crippen molar-refractivity contribution in [2.75, 3.05) is 0 Å². The number of aromatic nitrogens is 1. The summed E-state index contributed by atoms with van der Waals surface area (Å²) in [4.78, 5) is 0. The minimum atomic E-state index is -0.0421. The first-order valence-corrected chi connectivity index (χ1v) is 7.42. The maximum Gasteiger partial charge on any atom is 0.115 e. The Bertz CT molecular complexity index is 804. The molecule has 21 heavy (non-hydrogen) atoms. The molecule has 0 amide bonds. The second-order valence-corrected chi connectivity index (χ2v) is 5.82. The van der Waals surface area contributed by atoms with Crippen molar-refractivity contribution in [1.29, 1.82) is 0 Å². The van der Waals surface area contributed by atoms with Crippen molar-refractivity contribution in [1.82, 2.24) is 4.57 Å². The Morgan fingerprint density at radius 1 is 1.10 bits per heavy atom. The number of nitrogens with zero attached hydrogens (tertiary/aromatic N) is 1. The number of benzene rings is 2. The fourth-order valence-electron chi connectivity index (χ4n) is 2.77. The summed E-state index contributed by atoms with van der Waals surface area (Å²) in [7, 11) is 0. The Morgan fingerprint density at radius 2 is 1.86 bits per heavy atom. The predicted octanol–water partition coefficient (Wildman–Crippen LogP) is 4.45. The standard InChI is InChI=1S/C18H18ClNO/c1-12-7-8-17-15(9-12)16(11-21)18(19)20(17)10-14-6-4-3-5-13(14)2/h3-9,21H,10-11H2,1-2H3. The Kier molecular flexibility index (Phi) is 3.75. The normalized spacial score (nSPS) is 11.2. The van der Waals surface area contributed by atoms with Crippen molar-refractivity contribution in [3.63, 3.8) is 0 Å². The van der Waals surface area contributed by atoms with Crippen LogP contribution in [-0.4, -0.2) is 9.67 Å². The summed E-state index contributed by atoms with van der Waals surface area (Å²) in [5, 5.41) is 11.3. The number of aliphatic hydroxyl groups excluding tert-OH is 1. The zero-order valence-electron chi connectivity index (χ0n) is 12.2. The quantitative estimate of drug-likeness (QED) is 0.759. The van der Waals surface area contributed by atoms with Crippen molar-refractivity contribution in [3.8, 4) is 0 Å². The molecule has 0 unspecified atom stereocenters. The number of aryl methyl sites for hydroxylation is 2. The third kappa shape index (κ3) is 2.45. The first-order chi connectivity index (χ1) is 10.1. The van der Waals surface area contributed by atoms with E-state index in [0.29, 0.717) is 11.7 Å². The van der Waals surface area contributed by atoms with Crippen LogP contribution in [0.3, 0.4) is 0 Å². The van der Waals surface area contributed by atoms with Gasteiger partial charge >= 0.3 is 0 Å². The van der Waals surface area contributed by atoms with Crippen LogP contribution in [0.4, 0.5) is 0 Å². The van der Waals surface area contributed by atoms with Gasteiger partial charge in [-0.3, -0.25) is 0 Å². The summed E-state index contributed by atoms with van der Waals surface area (Å²) in [6.45, 7) is 4.82. The molecule has 0 bridgehead atoms. The lowest BCUT2D eigenvalue weighted by atomic mass is 10.1. The Balaban J connectivity index is 2.19. The Hall–Kier alpha value is -1.77. The molecule has 0 radical (unpaired) electrons. The number of aliphatic hydroxyl groups is 1. The molecule has 0 atom stereocenters. The lowest BCUT2D eigenvalue weighted by molar-refractivity contribution is 0.283. The molecule has 1 aromatic heterocycles. The SMILES string of the molecule is Cc1ccc2c(c1)c(CO)c(Cl)n2Cc1ccccc1C. The van der Waals surface area contributed by atoms with Crippen LogP contribution in [0.5, 0.6) is 0 Å². The number of hydrogen-bond donors (Lipinski definition) is 1. The van der Waals surface area contributed by atoms with E-state index in [1.807, 2.05) is 19.1 Å². The van der Waals surface area contributed by atoms with Gasteiger partial charge in [0.05, 0.1) is 6.61 Å². The molecule has 0 aliphatic rings. The molecule has 3 rings (SSSR count). The molecule has 1 N–H and O–H groups in total. The van der Waals surface area contributed by atoms with Gasteiger partial charge in [-0.05, 0) is 37.1 Å². The van der Waals surface area contributed by atoms with E-state index >= 15 is 0 Å². The van der Waals surface area contributed by atoms with Gasteiger partial charge in [-0.2, -0.15) is 0 Å². The fourth-order valence-corrected chi connectivity index (χ4v) is 3.08. The lowest BCUT2D eigenvalue weighted by Crippen LogP contribution is -2.01. The van der Waals surface area contributed by atoms with Crippen LogP contribution < -0.4 is 0 Å². The maximum atomic E-state index is 9.64. The summed E-state index contributed by atoms with van der Waals surface area (Å²) >= 11 is 6.51. The lowest BCUT2D eigenvalue weighted by Gasteiger charge is -2.10. The number of rotatable bonds is 3.